The molecule has 0 radical (unpaired) electrons. The van der Waals surface area contributed by atoms with Gasteiger partial charge < -0.3 is 16.0 Å². The van der Waals surface area contributed by atoms with E-state index in [1.807, 2.05) is 31.4 Å². The second-order valence-electron chi connectivity index (χ2n) is 10.4. The standard InChI is InChI=1S/C32H31N7/c1-19-36-30(31-32(33)35-18-28(39(19)31)20-11-14-22(34-2)15-12-20)25-16-13-21(23-7-3-4-8-24(23)25)17-29-37-26-9-5-6-10-27(26)38-29/h3-11,13,16,18,22,34H,12,14-15,17H2,1-2H3,(H2,33,35)(H,37,38). The van der Waals surface area contributed by atoms with Crippen molar-refractivity contribution in [2.24, 2.45) is 0 Å². The molecule has 0 saturated carbocycles. The van der Waals surface area contributed by atoms with Crippen molar-refractivity contribution >= 4 is 38.7 Å². The second kappa shape index (κ2) is 9.36. The van der Waals surface area contributed by atoms with Crippen molar-refractivity contribution in [1.82, 2.24) is 29.7 Å². The first-order valence-corrected chi connectivity index (χ1v) is 13.6. The summed E-state index contributed by atoms with van der Waals surface area (Å²) in [4.78, 5) is 18.0. The van der Waals surface area contributed by atoms with Gasteiger partial charge in [-0.3, -0.25) is 4.40 Å². The lowest BCUT2D eigenvalue weighted by atomic mass is 9.93. The summed E-state index contributed by atoms with van der Waals surface area (Å²) in [5.74, 6) is 2.36. The van der Waals surface area contributed by atoms with Crippen LogP contribution in [0.4, 0.5) is 5.82 Å². The van der Waals surface area contributed by atoms with E-state index in [1.54, 1.807) is 0 Å². The molecule has 1 aliphatic carbocycles. The van der Waals surface area contributed by atoms with Crippen LogP contribution in [0.2, 0.25) is 0 Å². The van der Waals surface area contributed by atoms with Crippen LogP contribution in [-0.2, 0) is 6.42 Å². The van der Waals surface area contributed by atoms with Gasteiger partial charge in [-0.15, -0.1) is 0 Å². The third-order valence-electron chi connectivity index (χ3n) is 8.07. The Balaban J connectivity index is 1.36. The van der Waals surface area contributed by atoms with E-state index in [2.05, 4.69) is 75.1 Å². The summed E-state index contributed by atoms with van der Waals surface area (Å²) in [6, 6.07) is 21.6. The fourth-order valence-corrected chi connectivity index (χ4v) is 6.05. The van der Waals surface area contributed by atoms with Gasteiger partial charge in [0.1, 0.15) is 28.7 Å². The Bertz CT molecular complexity index is 1860. The van der Waals surface area contributed by atoms with E-state index in [0.717, 1.165) is 69.8 Å². The molecule has 1 aliphatic rings. The first-order chi connectivity index (χ1) is 19.1. The van der Waals surface area contributed by atoms with E-state index < -0.39 is 0 Å². The van der Waals surface area contributed by atoms with Gasteiger partial charge in [0.05, 0.1) is 22.9 Å². The molecule has 0 aliphatic heterocycles. The first-order valence-electron chi connectivity index (χ1n) is 13.6. The first kappa shape index (κ1) is 23.6. The lowest BCUT2D eigenvalue weighted by Gasteiger charge is -2.22. The number of benzene rings is 3. The van der Waals surface area contributed by atoms with Gasteiger partial charge in [0, 0.05) is 18.0 Å². The number of imidazole rings is 2. The Hall–Kier alpha value is -4.49. The number of aromatic amines is 1. The molecule has 1 unspecified atom stereocenters. The number of aryl methyl sites for hydroxylation is 1. The maximum atomic E-state index is 6.55. The zero-order valence-corrected chi connectivity index (χ0v) is 22.2. The van der Waals surface area contributed by atoms with Crippen LogP contribution < -0.4 is 11.1 Å². The highest BCUT2D eigenvalue weighted by atomic mass is 15.1. The Morgan fingerprint density at radius 2 is 1.85 bits per heavy atom. The van der Waals surface area contributed by atoms with E-state index in [4.69, 9.17) is 15.7 Å². The Morgan fingerprint density at radius 1 is 1.03 bits per heavy atom. The minimum absolute atomic E-state index is 0.495. The molecule has 194 valence electrons. The zero-order valence-electron chi connectivity index (χ0n) is 22.2. The largest absolute Gasteiger partial charge is 0.382 e. The summed E-state index contributed by atoms with van der Waals surface area (Å²) in [7, 11) is 2.03. The molecule has 3 aromatic carbocycles. The fourth-order valence-electron chi connectivity index (χ4n) is 6.05. The molecule has 7 heteroatoms. The number of H-pyrrole nitrogens is 1. The van der Waals surface area contributed by atoms with Gasteiger partial charge in [-0.05, 0) is 67.3 Å². The van der Waals surface area contributed by atoms with Gasteiger partial charge >= 0.3 is 0 Å². The topological polar surface area (TPSA) is 96.9 Å². The van der Waals surface area contributed by atoms with Crippen LogP contribution in [0.5, 0.6) is 0 Å². The number of fused-ring (bicyclic) bond motifs is 3. The summed E-state index contributed by atoms with van der Waals surface area (Å²) < 4.78 is 2.19. The number of aromatic nitrogens is 5. The molecule has 39 heavy (non-hydrogen) atoms. The van der Waals surface area contributed by atoms with Gasteiger partial charge in [0.25, 0.3) is 0 Å². The zero-order chi connectivity index (χ0) is 26.5. The number of anilines is 1. The van der Waals surface area contributed by atoms with E-state index in [-0.39, 0.29) is 0 Å². The maximum Gasteiger partial charge on any atom is 0.150 e. The highest BCUT2D eigenvalue weighted by molar-refractivity contribution is 6.02. The molecule has 0 amide bonds. The van der Waals surface area contributed by atoms with Crippen LogP contribution in [-0.4, -0.2) is 37.4 Å². The van der Waals surface area contributed by atoms with Crippen LogP contribution in [0.15, 0.2) is 72.9 Å². The average molecular weight is 514 g/mol. The molecular formula is C32H31N7. The number of hydrogen-bond donors (Lipinski definition) is 3. The molecule has 0 spiro atoms. The molecule has 4 N–H and O–H groups in total. The summed E-state index contributed by atoms with van der Waals surface area (Å²) in [5, 5.41) is 5.73. The lowest BCUT2D eigenvalue weighted by molar-refractivity contribution is 0.522. The van der Waals surface area contributed by atoms with E-state index in [1.165, 1.54) is 16.5 Å². The van der Waals surface area contributed by atoms with E-state index >= 15 is 0 Å². The summed E-state index contributed by atoms with van der Waals surface area (Å²) in [6.07, 6.45) is 8.06. The average Bonchev–Trinajstić information content (AvgIpc) is 3.54. The van der Waals surface area contributed by atoms with E-state index in [0.29, 0.717) is 18.3 Å². The number of nitrogens with one attached hydrogen (secondary N) is 2. The predicted molar refractivity (Wildman–Crippen MR) is 159 cm³/mol. The molecule has 0 fully saturated rings. The lowest BCUT2D eigenvalue weighted by Crippen LogP contribution is -2.26. The highest BCUT2D eigenvalue weighted by Gasteiger charge is 2.22. The monoisotopic (exact) mass is 513 g/mol. The summed E-state index contributed by atoms with van der Waals surface area (Å²) in [5.41, 5.74) is 15.0. The fraction of sp³-hybridized carbons (Fsp3) is 0.219. The molecule has 6 aromatic rings. The number of allylic oxidation sites excluding steroid dienone is 1. The van der Waals surface area contributed by atoms with Crippen LogP contribution in [0.25, 0.3) is 44.2 Å². The number of hydrogen-bond acceptors (Lipinski definition) is 5. The van der Waals surface area contributed by atoms with E-state index in [9.17, 15) is 0 Å². The molecule has 3 aromatic heterocycles. The van der Waals surface area contributed by atoms with Crippen LogP contribution in [0, 0.1) is 6.92 Å². The van der Waals surface area contributed by atoms with Gasteiger partial charge in [-0.25, -0.2) is 15.0 Å². The Labute approximate surface area is 226 Å². The number of nitrogens with two attached hydrogens (primary N) is 1. The van der Waals surface area contributed by atoms with Gasteiger partial charge in [0.15, 0.2) is 0 Å². The minimum atomic E-state index is 0.495. The van der Waals surface area contributed by atoms with Crippen molar-refractivity contribution in [1.29, 1.82) is 0 Å². The predicted octanol–water partition coefficient (Wildman–Crippen LogP) is 6.06. The number of nitrogens with zero attached hydrogens (tertiary/aromatic N) is 4. The van der Waals surface area contributed by atoms with Crippen molar-refractivity contribution in [2.45, 2.75) is 38.6 Å². The van der Waals surface area contributed by atoms with Gasteiger partial charge in [0.2, 0.25) is 0 Å². The molecular weight excluding hydrogens is 482 g/mol. The van der Waals surface area contributed by atoms with Crippen LogP contribution >= 0.6 is 0 Å². The van der Waals surface area contributed by atoms with Gasteiger partial charge in [-0.1, -0.05) is 54.6 Å². The Kier molecular flexibility index (Phi) is 5.67. The SMILES string of the molecule is CNC1CC=C(c2cnc(N)c3c(-c4ccc(Cc5nc6ccccc6[nH]5)c5ccccc45)nc(C)n23)CC1. The quantitative estimate of drug-likeness (QED) is 0.260. The van der Waals surface area contributed by atoms with Crippen LogP contribution in [0.3, 0.4) is 0 Å². The van der Waals surface area contributed by atoms with Crippen molar-refractivity contribution in [3.63, 3.8) is 0 Å². The normalized spacial score (nSPS) is 15.8. The maximum absolute atomic E-state index is 6.55. The highest BCUT2D eigenvalue weighted by Crippen LogP contribution is 2.37. The van der Waals surface area contributed by atoms with Crippen LogP contribution in [0.1, 0.15) is 42.2 Å². The van der Waals surface area contributed by atoms with Crippen molar-refractivity contribution < 1.29 is 0 Å². The van der Waals surface area contributed by atoms with Crippen molar-refractivity contribution in [3.8, 4) is 11.3 Å². The third kappa shape index (κ3) is 3.97. The second-order valence-corrected chi connectivity index (χ2v) is 10.4. The van der Waals surface area contributed by atoms with Gasteiger partial charge in [-0.2, -0.15) is 0 Å². The number of nitrogen functional groups attached to an aromatic ring is 1. The molecule has 7 rings (SSSR count). The number of para-hydroxylation sites is 2. The smallest absolute Gasteiger partial charge is 0.150 e. The third-order valence-corrected chi connectivity index (χ3v) is 8.07. The molecule has 0 saturated heterocycles. The molecule has 1 atom stereocenters. The van der Waals surface area contributed by atoms with Crippen molar-refractivity contribution in [3.05, 3.63) is 95.8 Å². The summed E-state index contributed by atoms with van der Waals surface area (Å²) >= 11 is 0. The summed E-state index contributed by atoms with van der Waals surface area (Å²) in [6.45, 7) is 2.05. The number of rotatable bonds is 5. The Morgan fingerprint density at radius 3 is 2.64 bits per heavy atom. The molecule has 0 bridgehead atoms. The molecule has 3 heterocycles. The minimum Gasteiger partial charge on any atom is -0.382 e. The molecule has 7 nitrogen and oxygen atoms in total. The van der Waals surface area contributed by atoms with Crippen molar-refractivity contribution in [2.75, 3.05) is 12.8 Å².